The summed E-state index contributed by atoms with van der Waals surface area (Å²) in [5.41, 5.74) is 3.59. The first kappa shape index (κ1) is 19.8. The van der Waals surface area contributed by atoms with Crippen LogP contribution in [-0.4, -0.2) is 53.5 Å². The Balaban J connectivity index is 1.53. The molecule has 1 aromatic carbocycles. The molecule has 4 rings (SSSR count). The number of hydrogen-bond acceptors (Lipinski definition) is 6. The first-order chi connectivity index (χ1) is 14.1. The minimum Gasteiger partial charge on any atom is -0.369 e. The lowest BCUT2D eigenvalue weighted by Crippen LogP contribution is -2.35. The average Bonchev–Trinajstić information content (AvgIpc) is 2.89. The summed E-state index contributed by atoms with van der Waals surface area (Å²) in [6, 6.07) is 8.56. The lowest BCUT2D eigenvalue weighted by atomic mass is 10.0. The van der Waals surface area contributed by atoms with Crippen molar-refractivity contribution in [2.75, 3.05) is 38.0 Å². The predicted octanol–water partition coefficient (Wildman–Crippen LogP) is 3.60. The fourth-order valence-corrected chi connectivity index (χ4v) is 4.80. The van der Waals surface area contributed by atoms with Crippen LogP contribution in [0.25, 0.3) is 21.3 Å². The van der Waals surface area contributed by atoms with Crippen molar-refractivity contribution in [3.63, 3.8) is 0 Å². The molecule has 0 bridgehead atoms. The molecule has 2 N–H and O–H groups in total. The van der Waals surface area contributed by atoms with Gasteiger partial charge in [-0.2, -0.15) is 0 Å². The van der Waals surface area contributed by atoms with Gasteiger partial charge in [0, 0.05) is 43.0 Å². The number of rotatable bonds is 5. The molecule has 7 heteroatoms. The van der Waals surface area contributed by atoms with Gasteiger partial charge in [-0.1, -0.05) is 29.8 Å². The standard InChI is InChI=1S/C22H27N5OS/c1-15-4-6-17(7-5-15)19-16(2)29-22-20(19)21(25-14-26-22)24-10-8-18(28)27-12-3-9-23-11-13-27/h4-7,14,23H,3,8-13H2,1-2H3,(H,24,25,26). The van der Waals surface area contributed by atoms with Gasteiger partial charge in [-0.15, -0.1) is 11.3 Å². The number of aryl methyl sites for hydroxylation is 2. The quantitative estimate of drug-likeness (QED) is 0.674. The van der Waals surface area contributed by atoms with Crippen LogP contribution in [0.5, 0.6) is 0 Å². The Morgan fingerprint density at radius 3 is 2.83 bits per heavy atom. The normalized spacial score (nSPS) is 14.8. The highest BCUT2D eigenvalue weighted by Crippen LogP contribution is 2.40. The number of carbonyl (C=O) groups is 1. The minimum atomic E-state index is 0.201. The monoisotopic (exact) mass is 409 g/mol. The van der Waals surface area contributed by atoms with Crippen LogP contribution in [0.15, 0.2) is 30.6 Å². The number of amides is 1. The van der Waals surface area contributed by atoms with Crippen LogP contribution in [-0.2, 0) is 4.79 Å². The van der Waals surface area contributed by atoms with Gasteiger partial charge < -0.3 is 15.5 Å². The number of nitrogens with zero attached hydrogens (tertiary/aromatic N) is 3. The Bertz CT molecular complexity index is 990. The highest BCUT2D eigenvalue weighted by Gasteiger charge is 2.18. The first-order valence-corrected chi connectivity index (χ1v) is 11.0. The van der Waals surface area contributed by atoms with E-state index in [1.165, 1.54) is 21.6 Å². The van der Waals surface area contributed by atoms with Gasteiger partial charge >= 0.3 is 0 Å². The van der Waals surface area contributed by atoms with E-state index in [1.807, 2.05) is 4.90 Å². The Kier molecular flexibility index (Phi) is 6.06. The van der Waals surface area contributed by atoms with Gasteiger partial charge in [0.1, 0.15) is 17.0 Å². The van der Waals surface area contributed by atoms with Gasteiger partial charge in [0.2, 0.25) is 5.91 Å². The predicted molar refractivity (Wildman–Crippen MR) is 119 cm³/mol. The first-order valence-electron chi connectivity index (χ1n) is 10.2. The van der Waals surface area contributed by atoms with Crippen LogP contribution in [0, 0.1) is 13.8 Å². The van der Waals surface area contributed by atoms with Crippen LogP contribution < -0.4 is 10.6 Å². The SMILES string of the molecule is Cc1ccc(-c2c(C)sc3ncnc(NCCC(=O)N4CCCNCC4)c23)cc1. The Morgan fingerprint density at radius 2 is 2.00 bits per heavy atom. The van der Waals surface area contributed by atoms with Crippen LogP contribution in [0.4, 0.5) is 5.82 Å². The van der Waals surface area contributed by atoms with Crippen LogP contribution in [0.3, 0.4) is 0 Å². The van der Waals surface area contributed by atoms with Crippen molar-refractivity contribution in [2.45, 2.75) is 26.7 Å². The Labute approximate surface area is 175 Å². The molecule has 0 unspecified atom stereocenters. The van der Waals surface area contributed by atoms with Gasteiger partial charge in [-0.05, 0) is 32.4 Å². The van der Waals surface area contributed by atoms with Crippen molar-refractivity contribution in [3.05, 3.63) is 41.0 Å². The maximum Gasteiger partial charge on any atom is 0.224 e. The molecule has 152 valence electrons. The fourth-order valence-electron chi connectivity index (χ4n) is 3.79. The molecule has 1 aliphatic rings. The molecule has 1 saturated heterocycles. The second-order valence-electron chi connectivity index (χ2n) is 7.46. The van der Waals surface area contributed by atoms with E-state index in [0.717, 1.165) is 48.6 Å². The van der Waals surface area contributed by atoms with E-state index in [2.05, 4.69) is 58.7 Å². The zero-order valence-electron chi connectivity index (χ0n) is 17.0. The lowest BCUT2D eigenvalue weighted by molar-refractivity contribution is -0.130. The average molecular weight is 410 g/mol. The number of benzene rings is 1. The number of anilines is 1. The van der Waals surface area contributed by atoms with Crippen LogP contribution in [0.1, 0.15) is 23.3 Å². The largest absolute Gasteiger partial charge is 0.369 e. The second kappa shape index (κ2) is 8.88. The smallest absolute Gasteiger partial charge is 0.224 e. The van der Waals surface area contributed by atoms with Gasteiger partial charge in [0.15, 0.2) is 0 Å². The van der Waals surface area contributed by atoms with Crippen LogP contribution in [0.2, 0.25) is 0 Å². The van der Waals surface area contributed by atoms with Gasteiger partial charge in [-0.3, -0.25) is 4.79 Å². The molecule has 1 amide bonds. The molecule has 1 fully saturated rings. The van der Waals surface area contributed by atoms with E-state index < -0.39 is 0 Å². The summed E-state index contributed by atoms with van der Waals surface area (Å²) < 4.78 is 0. The number of fused-ring (bicyclic) bond motifs is 1. The van der Waals surface area contributed by atoms with E-state index in [9.17, 15) is 4.79 Å². The van der Waals surface area contributed by atoms with E-state index in [4.69, 9.17) is 0 Å². The summed E-state index contributed by atoms with van der Waals surface area (Å²) in [7, 11) is 0. The molecule has 3 aromatic rings. The number of aromatic nitrogens is 2. The van der Waals surface area contributed by atoms with Crippen molar-refractivity contribution < 1.29 is 4.79 Å². The molecule has 0 radical (unpaired) electrons. The molecule has 29 heavy (non-hydrogen) atoms. The molecular weight excluding hydrogens is 382 g/mol. The van der Waals surface area contributed by atoms with Crippen molar-refractivity contribution in [1.29, 1.82) is 0 Å². The van der Waals surface area contributed by atoms with E-state index in [0.29, 0.717) is 13.0 Å². The number of carbonyl (C=O) groups excluding carboxylic acids is 1. The third-order valence-electron chi connectivity index (χ3n) is 5.33. The van der Waals surface area contributed by atoms with E-state index >= 15 is 0 Å². The van der Waals surface area contributed by atoms with Crippen molar-refractivity contribution in [2.24, 2.45) is 0 Å². The molecule has 6 nitrogen and oxygen atoms in total. The summed E-state index contributed by atoms with van der Waals surface area (Å²) in [6.45, 7) is 8.28. The topological polar surface area (TPSA) is 70.2 Å². The fraction of sp³-hybridized carbons (Fsp3) is 0.409. The highest BCUT2D eigenvalue weighted by atomic mass is 32.1. The molecular formula is C22H27N5OS. The maximum atomic E-state index is 12.6. The van der Waals surface area contributed by atoms with Crippen molar-refractivity contribution in [1.82, 2.24) is 20.2 Å². The summed E-state index contributed by atoms with van der Waals surface area (Å²) in [5, 5.41) is 7.78. The van der Waals surface area contributed by atoms with Gasteiger partial charge in [0.25, 0.3) is 0 Å². The molecule has 3 heterocycles. The van der Waals surface area contributed by atoms with Crippen molar-refractivity contribution in [3.8, 4) is 11.1 Å². The summed E-state index contributed by atoms with van der Waals surface area (Å²) in [6.07, 6.45) is 3.08. The van der Waals surface area contributed by atoms with Gasteiger partial charge in [0.05, 0.1) is 5.39 Å². The number of hydrogen-bond donors (Lipinski definition) is 2. The third-order valence-corrected chi connectivity index (χ3v) is 6.34. The van der Waals surface area contributed by atoms with E-state index in [-0.39, 0.29) is 5.91 Å². The van der Waals surface area contributed by atoms with Crippen LogP contribution >= 0.6 is 11.3 Å². The molecule has 0 spiro atoms. The summed E-state index contributed by atoms with van der Waals surface area (Å²) in [4.78, 5) is 25.7. The minimum absolute atomic E-state index is 0.201. The summed E-state index contributed by atoms with van der Waals surface area (Å²) >= 11 is 1.68. The van der Waals surface area contributed by atoms with Crippen molar-refractivity contribution >= 4 is 33.3 Å². The zero-order valence-corrected chi connectivity index (χ0v) is 17.8. The number of thiophene rings is 1. The molecule has 1 aliphatic heterocycles. The third kappa shape index (κ3) is 4.41. The lowest BCUT2D eigenvalue weighted by Gasteiger charge is -2.20. The number of nitrogens with one attached hydrogen (secondary N) is 2. The Morgan fingerprint density at radius 1 is 1.17 bits per heavy atom. The molecule has 2 aromatic heterocycles. The maximum absolute atomic E-state index is 12.6. The highest BCUT2D eigenvalue weighted by molar-refractivity contribution is 7.19. The van der Waals surface area contributed by atoms with Gasteiger partial charge in [-0.25, -0.2) is 9.97 Å². The molecule has 0 atom stereocenters. The van der Waals surface area contributed by atoms with E-state index in [1.54, 1.807) is 17.7 Å². The summed E-state index contributed by atoms with van der Waals surface area (Å²) in [5.74, 6) is 1.01. The zero-order chi connectivity index (χ0) is 20.2. The molecule has 0 saturated carbocycles. The Hall–Kier alpha value is -2.51. The molecule has 0 aliphatic carbocycles. The second-order valence-corrected chi connectivity index (χ2v) is 8.67.